The number of aryl methyl sites for hydroxylation is 1. The molecule has 7 nitrogen and oxygen atoms in total. The van der Waals surface area contributed by atoms with E-state index < -0.39 is 0 Å². The first-order valence-electron chi connectivity index (χ1n) is 7.67. The first-order valence-corrected chi connectivity index (χ1v) is 8.66. The molecule has 8 heteroatoms. The van der Waals surface area contributed by atoms with Crippen LogP contribution in [0.5, 0.6) is 0 Å². The van der Waals surface area contributed by atoms with Crippen molar-refractivity contribution >= 4 is 22.7 Å². The van der Waals surface area contributed by atoms with Crippen molar-refractivity contribution in [1.82, 2.24) is 25.3 Å². The van der Waals surface area contributed by atoms with Crippen molar-refractivity contribution in [3.63, 3.8) is 0 Å². The molecule has 3 heterocycles. The zero-order valence-corrected chi connectivity index (χ0v) is 13.8. The van der Waals surface area contributed by atoms with E-state index in [1.54, 1.807) is 0 Å². The molecule has 0 fully saturated rings. The fourth-order valence-corrected chi connectivity index (χ4v) is 3.02. The molecule has 0 aliphatic rings. The number of para-hydroxylation sites is 1. The molecule has 0 radical (unpaired) electrons. The van der Waals surface area contributed by atoms with Crippen molar-refractivity contribution in [3.05, 3.63) is 42.2 Å². The summed E-state index contributed by atoms with van der Waals surface area (Å²) in [5, 5.41) is 13.7. The summed E-state index contributed by atoms with van der Waals surface area (Å²) < 4.78 is 10.9. The van der Waals surface area contributed by atoms with Gasteiger partial charge >= 0.3 is 0 Å². The van der Waals surface area contributed by atoms with Gasteiger partial charge in [-0.15, -0.1) is 10.2 Å². The molecule has 0 aliphatic heterocycles. The van der Waals surface area contributed by atoms with Gasteiger partial charge in [-0.05, 0) is 12.5 Å². The van der Waals surface area contributed by atoms with Gasteiger partial charge in [-0.3, -0.25) is 0 Å². The number of aromatic amines is 1. The summed E-state index contributed by atoms with van der Waals surface area (Å²) in [5.41, 5.74) is 1.93. The first kappa shape index (κ1) is 14.9. The lowest BCUT2D eigenvalue weighted by atomic mass is 10.2. The topological polar surface area (TPSA) is 93.6 Å². The van der Waals surface area contributed by atoms with Crippen molar-refractivity contribution in [2.45, 2.75) is 30.7 Å². The molecule has 0 atom stereocenters. The second-order valence-corrected chi connectivity index (χ2v) is 6.19. The predicted molar refractivity (Wildman–Crippen MR) is 89.4 cm³/mol. The summed E-state index contributed by atoms with van der Waals surface area (Å²) in [6, 6.07) is 7.99. The third-order valence-electron chi connectivity index (χ3n) is 3.53. The van der Waals surface area contributed by atoms with Gasteiger partial charge in [0, 0.05) is 23.5 Å². The smallest absolute Gasteiger partial charge is 0.277 e. The Hall–Kier alpha value is -2.61. The highest BCUT2D eigenvalue weighted by Crippen LogP contribution is 2.30. The average molecular weight is 341 g/mol. The van der Waals surface area contributed by atoms with Gasteiger partial charge in [0.15, 0.2) is 5.82 Å². The second kappa shape index (κ2) is 6.48. The highest BCUT2D eigenvalue weighted by atomic mass is 32.2. The van der Waals surface area contributed by atoms with Crippen molar-refractivity contribution in [2.24, 2.45) is 0 Å². The lowest BCUT2D eigenvalue weighted by molar-refractivity contribution is 0.384. The SMILES string of the molecule is CCCc1noc(CSc2nnc(-c3c[nH]c4ccccc34)o2)n1. The summed E-state index contributed by atoms with van der Waals surface area (Å²) in [6.45, 7) is 2.08. The Bertz CT molecular complexity index is 958. The van der Waals surface area contributed by atoms with Crippen molar-refractivity contribution in [2.75, 3.05) is 0 Å². The number of hydrogen-bond acceptors (Lipinski definition) is 7. The molecular weight excluding hydrogens is 326 g/mol. The van der Waals surface area contributed by atoms with Gasteiger partial charge in [0.05, 0.1) is 11.3 Å². The van der Waals surface area contributed by atoms with E-state index in [2.05, 4.69) is 32.2 Å². The van der Waals surface area contributed by atoms with Gasteiger partial charge in [0.2, 0.25) is 5.89 Å². The molecule has 122 valence electrons. The minimum atomic E-state index is 0.477. The minimum absolute atomic E-state index is 0.477. The molecule has 4 rings (SSSR count). The third kappa shape index (κ3) is 2.92. The summed E-state index contributed by atoms with van der Waals surface area (Å²) in [6.07, 6.45) is 3.69. The molecule has 4 aromatic rings. The molecule has 0 aliphatic carbocycles. The van der Waals surface area contributed by atoms with Crippen molar-refractivity contribution in [3.8, 4) is 11.5 Å². The molecule has 0 saturated heterocycles. The van der Waals surface area contributed by atoms with Gasteiger partial charge in [-0.25, -0.2) is 0 Å². The van der Waals surface area contributed by atoms with Gasteiger partial charge < -0.3 is 13.9 Å². The Balaban J connectivity index is 1.48. The Labute approximate surface area is 141 Å². The van der Waals surface area contributed by atoms with Crippen LogP contribution < -0.4 is 0 Å². The fourth-order valence-electron chi connectivity index (χ4n) is 2.42. The van der Waals surface area contributed by atoms with E-state index in [-0.39, 0.29) is 0 Å². The zero-order chi connectivity index (χ0) is 16.4. The average Bonchev–Trinajstić information content (AvgIpc) is 3.32. The molecular formula is C16H15N5O2S. The maximum atomic E-state index is 5.74. The highest BCUT2D eigenvalue weighted by Gasteiger charge is 2.14. The number of fused-ring (bicyclic) bond motifs is 1. The van der Waals surface area contributed by atoms with E-state index >= 15 is 0 Å². The van der Waals surface area contributed by atoms with E-state index in [1.807, 2.05) is 30.5 Å². The van der Waals surface area contributed by atoms with Gasteiger partial charge in [-0.2, -0.15) is 4.98 Å². The monoisotopic (exact) mass is 341 g/mol. The molecule has 0 unspecified atom stereocenters. The van der Waals surface area contributed by atoms with Crippen molar-refractivity contribution < 1.29 is 8.94 Å². The lowest BCUT2D eigenvalue weighted by Gasteiger charge is -1.92. The Kier molecular flexibility index (Phi) is 4.04. The van der Waals surface area contributed by atoms with E-state index in [9.17, 15) is 0 Å². The molecule has 3 aromatic heterocycles. The van der Waals surface area contributed by atoms with Crippen LogP contribution in [0.25, 0.3) is 22.4 Å². The maximum absolute atomic E-state index is 5.74. The van der Waals surface area contributed by atoms with Crippen LogP contribution in [0.3, 0.4) is 0 Å². The highest BCUT2D eigenvalue weighted by molar-refractivity contribution is 7.98. The number of H-pyrrole nitrogens is 1. The zero-order valence-electron chi connectivity index (χ0n) is 13.0. The molecule has 0 amide bonds. The quantitative estimate of drug-likeness (QED) is 0.532. The number of benzene rings is 1. The number of aromatic nitrogens is 5. The van der Waals surface area contributed by atoms with E-state index in [1.165, 1.54) is 11.8 Å². The Morgan fingerprint density at radius 2 is 2.12 bits per heavy atom. The molecule has 0 bridgehead atoms. The number of thioether (sulfide) groups is 1. The largest absolute Gasteiger partial charge is 0.411 e. The molecule has 24 heavy (non-hydrogen) atoms. The van der Waals surface area contributed by atoms with Gasteiger partial charge in [-0.1, -0.05) is 42.0 Å². The van der Waals surface area contributed by atoms with Crippen molar-refractivity contribution in [1.29, 1.82) is 0 Å². The molecule has 1 aromatic carbocycles. The van der Waals surface area contributed by atoms with Crippen LogP contribution in [-0.2, 0) is 12.2 Å². The maximum Gasteiger partial charge on any atom is 0.277 e. The first-order chi connectivity index (χ1) is 11.8. The molecule has 0 saturated carbocycles. The summed E-state index contributed by atoms with van der Waals surface area (Å²) in [5.74, 6) is 2.30. The number of nitrogens with one attached hydrogen (secondary N) is 1. The summed E-state index contributed by atoms with van der Waals surface area (Å²) in [4.78, 5) is 7.52. The third-order valence-corrected chi connectivity index (χ3v) is 4.33. The van der Waals surface area contributed by atoms with Crippen LogP contribution in [0.15, 0.2) is 44.6 Å². The standard InChI is InChI=1S/C16H15N5O2S/c1-2-5-13-18-14(23-21-13)9-24-16-20-19-15(22-16)11-8-17-12-7-4-3-6-10(11)12/h3-4,6-8,17H,2,5,9H2,1H3. The van der Waals surface area contributed by atoms with Crippen LogP contribution in [-0.4, -0.2) is 25.3 Å². The lowest BCUT2D eigenvalue weighted by Crippen LogP contribution is -1.86. The van der Waals surface area contributed by atoms with Crippen LogP contribution >= 0.6 is 11.8 Å². The number of nitrogens with zero attached hydrogens (tertiary/aromatic N) is 4. The Morgan fingerprint density at radius 1 is 1.21 bits per heavy atom. The predicted octanol–water partition coefficient (Wildman–Crippen LogP) is 3.85. The van der Waals surface area contributed by atoms with E-state index in [4.69, 9.17) is 8.94 Å². The van der Waals surface area contributed by atoms with E-state index in [0.717, 1.165) is 35.1 Å². The fraction of sp³-hybridized carbons (Fsp3) is 0.250. The van der Waals surface area contributed by atoms with Crippen LogP contribution in [0.4, 0.5) is 0 Å². The van der Waals surface area contributed by atoms with Gasteiger partial charge in [0.1, 0.15) is 0 Å². The molecule has 1 N–H and O–H groups in total. The van der Waals surface area contributed by atoms with Gasteiger partial charge in [0.25, 0.3) is 11.1 Å². The molecule has 0 spiro atoms. The Morgan fingerprint density at radius 3 is 3.04 bits per heavy atom. The van der Waals surface area contributed by atoms with Crippen LogP contribution in [0, 0.1) is 0 Å². The normalized spacial score (nSPS) is 11.4. The summed E-state index contributed by atoms with van der Waals surface area (Å²) in [7, 11) is 0. The summed E-state index contributed by atoms with van der Waals surface area (Å²) >= 11 is 1.38. The van der Waals surface area contributed by atoms with Crippen LogP contribution in [0.1, 0.15) is 25.1 Å². The number of rotatable bonds is 6. The van der Waals surface area contributed by atoms with Crippen LogP contribution in [0.2, 0.25) is 0 Å². The number of hydrogen-bond donors (Lipinski definition) is 1. The van der Waals surface area contributed by atoms with E-state index in [0.29, 0.717) is 22.8 Å². The second-order valence-electron chi connectivity index (χ2n) is 5.26. The minimum Gasteiger partial charge on any atom is -0.411 e.